The maximum atomic E-state index is 10.0. The fraction of sp³-hybridized carbons (Fsp3) is 0.200. The number of aryl methyl sites for hydroxylation is 1. The van der Waals surface area contributed by atoms with Crippen molar-refractivity contribution in [1.29, 1.82) is 0 Å². The highest BCUT2D eigenvalue weighted by molar-refractivity contribution is 9.10. The molecule has 0 aliphatic heterocycles. The van der Waals surface area contributed by atoms with Crippen molar-refractivity contribution in [2.75, 3.05) is 12.4 Å². The van der Waals surface area contributed by atoms with E-state index < -0.39 is 0 Å². The minimum absolute atomic E-state index is 0.182. The first kappa shape index (κ1) is 13.7. The lowest BCUT2D eigenvalue weighted by Gasteiger charge is -2.12. The molecule has 0 amide bonds. The zero-order valence-electron chi connectivity index (χ0n) is 10.9. The van der Waals surface area contributed by atoms with E-state index >= 15 is 0 Å². The average molecular weight is 322 g/mol. The molecule has 2 N–H and O–H groups in total. The van der Waals surface area contributed by atoms with E-state index in [0.29, 0.717) is 12.3 Å². The van der Waals surface area contributed by atoms with Gasteiger partial charge in [0.25, 0.3) is 0 Å². The molecule has 0 fully saturated rings. The lowest BCUT2D eigenvalue weighted by atomic mass is 10.1. The van der Waals surface area contributed by atoms with E-state index in [-0.39, 0.29) is 5.75 Å². The van der Waals surface area contributed by atoms with Crippen LogP contribution >= 0.6 is 15.9 Å². The number of hydrogen-bond donors (Lipinski definition) is 2. The summed E-state index contributed by atoms with van der Waals surface area (Å²) in [6.45, 7) is 2.58. The van der Waals surface area contributed by atoms with Crippen LogP contribution in [-0.2, 0) is 6.54 Å². The van der Waals surface area contributed by atoms with Crippen molar-refractivity contribution >= 4 is 21.6 Å². The number of para-hydroxylation sites is 1. The highest BCUT2D eigenvalue weighted by Gasteiger charge is 2.07. The monoisotopic (exact) mass is 321 g/mol. The third kappa shape index (κ3) is 3.20. The lowest BCUT2D eigenvalue weighted by molar-refractivity contribution is 0.371. The number of methoxy groups -OCH3 is 1. The van der Waals surface area contributed by atoms with Crippen LogP contribution in [0.5, 0.6) is 11.5 Å². The second-order valence-electron chi connectivity index (χ2n) is 4.30. The van der Waals surface area contributed by atoms with Crippen LogP contribution in [0.1, 0.15) is 11.1 Å². The van der Waals surface area contributed by atoms with Crippen molar-refractivity contribution in [2.24, 2.45) is 0 Å². The molecule has 3 nitrogen and oxygen atoms in total. The van der Waals surface area contributed by atoms with Gasteiger partial charge < -0.3 is 15.2 Å². The molecule has 0 unspecified atom stereocenters. The molecule has 0 saturated carbocycles. The average Bonchev–Trinajstić information content (AvgIpc) is 2.41. The first-order chi connectivity index (χ1) is 9.11. The molecule has 0 aliphatic rings. The second kappa shape index (κ2) is 5.97. The van der Waals surface area contributed by atoms with Gasteiger partial charge >= 0.3 is 0 Å². The Kier molecular flexibility index (Phi) is 4.32. The lowest BCUT2D eigenvalue weighted by Crippen LogP contribution is -2.01. The Morgan fingerprint density at radius 2 is 2.05 bits per heavy atom. The molecule has 0 aliphatic carbocycles. The number of benzene rings is 2. The molecule has 0 aromatic heterocycles. The minimum Gasteiger partial charge on any atom is -0.504 e. The van der Waals surface area contributed by atoms with Crippen LogP contribution in [0.25, 0.3) is 0 Å². The number of phenols is 1. The maximum absolute atomic E-state index is 10.0. The fourth-order valence-electron chi connectivity index (χ4n) is 1.84. The number of nitrogens with one attached hydrogen (secondary N) is 1. The predicted octanol–water partition coefficient (Wildman–Crippen LogP) is 4.08. The third-order valence-electron chi connectivity index (χ3n) is 2.89. The van der Waals surface area contributed by atoms with Gasteiger partial charge in [0, 0.05) is 22.3 Å². The van der Waals surface area contributed by atoms with Gasteiger partial charge in [-0.15, -0.1) is 0 Å². The van der Waals surface area contributed by atoms with Crippen LogP contribution in [0.2, 0.25) is 0 Å². The van der Waals surface area contributed by atoms with Crippen molar-refractivity contribution in [3.63, 3.8) is 0 Å². The smallest absolute Gasteiger partial charge is 0.162 e. The van der Waals surface area contributed by atoms with Gasteiger partial charge in [-0.3, -0.25) is 0 Å². The summed E-state index contributed by atoms with van der Waals surface area (Å²) in [5, 5.41) is 13.3. The maximum Gasteiger partial charge on any atom is 0.162 e. The van der Waals surface area contributed by atoms with Gasteiger partial charge in [0.05, 0.1) is 7.11 Å². The molecule has 19 heavy (non-hydrogen) atoms. The summed E-state index contributed by atoms with van der Waals surface area (Å²) in [7, 11) is 1.55. The molecule has 0 radical (unpaired) electrons. The Balaban J connectivity index is 2.17. The van der Waals surface area contributed by atoms with Crippen molar-refractivity contribution in [2.45, 2.75) is 13.5 Å². The summed E-state index contributed by atoms with van der Waals surface area (Å²) in [4.78, 5) is 0. The van der Waals surface area contributed by atoms with Gasteiger partial charge in [-0.2, -0.15) is 0 Å². The predicted molar refractivity (Wildman–Crippen MR) is 80.9 cm³/mol. The molecule has 4 heteroatoms. The highest BCUT2D eigenvalue weighted by atomic mass is 79.9. The summed E-state index contributed by atoms with van der Waals surface area (Å²) < 4.78 is 6.09. The van der Waals surface area contributed by atoms with Crippen LogP contribution in [0.15, 0.2) is 40.9 Å². The summed E-state index contributed by atoms with van der Waals surface area (Å²) >= 11 is 3.50. The number of rotatable bonds is 4. The topological polar surface area (TPSA) is 41.5 Å². The summed E-state index contributed by atoms with van der Waals surface area (Å²) in [6, 6.07) is 11.6. The van der Waals surface area contributed by atoms with E-state index in [2.05, 4.69) is 27.3 Å². The summed E-state index contributed by atoms with van der Waals surface area (Å²) in [5.74, 6) is 0.670. The van der Waals surface area contributed by atoms with Crippen LogP contribution in [-0.4, -0.2) is 12.2 Å². The van der Waals surface area contributed by atoms with Crippen LogP contribution in [0.3, 0.4) is 0 Å². The zero-order valence-corrected chi connectivity index (χ0v) is 12.5. The third-order valence-corrected chi connectivity index (χ3v) is 3.59. The Morgan fingerprint density at radius 1 is 1.26 bits per heavy atom. The number of anilines is 1. The summed E-state index contributed by atoms with van der Waals surface area (Å²) in [6.07, 6.45) is 0. The normalized spacial score (nSPS) is 10.3. The number of ether oxygens (including phenoxy) is 1. The Bertz CT molecular complexity index is 584. The van der Waals surface area contributed by atoms with E-state index in [9.17, 15) is 5.11 Å². The number of halogens is 1. The van der Waals surface area contributed by atoms with Crippen molar-refractivity contribution in [3.8, 4) is 11.5 Å². The Labute approximate surface area is 121 Å². The molecular weight excluding hydrogens is 306 g/mol. The second-order valence-corrected chi connectivity index (χ2v) is 5.16. The van der Waals surface area contributed by atoms with E-state index in [4.69, 9.17) is 4.74 Å². The van der Waals surface area contributed by atoms with E-state index in [1.165, 1.54) is 5.56 Å². The van der Waals surface area contributed by atoms with Crippen molar-refractivity contribution in [3.05, 3.63) is 52.0 Å². The minimum atomic E-state index is 0.182. The Morgan fingerprint density at radius 3 is 2.79 bits per heavy atom. The van der Waals surface area contributed by atoms with Crippen molar-refractivity contribution < 1.29 is 9.84 Å². The van der Waals surface area contributed by atoms with Gasteiger partial charge in [-0.05, 0) is 46.6 Å². The molecule has 0 atom stereocenters. The fourth-order valence-corrected chi connectivity index (χ4v) is 2.23. The summed E-state index contributed by atoms with van der Waals surface area (Å²) in [5.41, 5.74) is 2.98. The molecule has 0 heterocycles. The highest BCUT2D eigenvalue weighted by Crippen LogP contribution is 2.31. The molecule has 100 valence electrons. The first-order valence-electron chi connectivity index (χ1n) is 5.96. The quantitative estimate of drug-likeness (QED) is 0.891. The van der Waals surface area contributed by atoms with E-state index in [0.717, 1.165) is 15.7 Å². The molecule has 2 rings (SSSR count). The number of phenolic OH excluding ortho intramolecular Hbond substituents is 1. The van der Waals surface area contributed by atoms with Crippen LogP contribution in [0.4, 0.5) is 5.69 Å². The van der Waals surface area contributed by atoms with Gasteiger partial charge in [0.15, 0.2) is 11.5 Å². The van der Waals surface area contributed by atoms with Crippen LogP contribution in [0, 0.1) is 6.92 Å². The molecular formula is C15H16BrNO2. The first-order valence-corrected chi connectivity index (χ1v) is 6.76. The molecule has 2 aromatic rings. The molecule has 2 aromatic carbocycles. The van der Waals surface area contributed by atoms with Gasteiger partial charge in [0.2, 0.25) is 0 Å². The Hall–Kier alpha value is -1.68. The molecule has 0 saturated heterocycles. The van der Waals surface area contributed by atoms with E-state index in [1.54, 1.807) is 13.2 Å². The SMILES string of the molecule is COc1cccc(CNc2cc(C)ccc2Br)c1O. The molecule has 0 spiro atoms. The number of aromatic hydroxyl groups is 1. The van der Waals surface area contributed by atoms with Gasteiger partial charge in [0.1, 0.15) is 0 Å². The van der Waals surface area contributed by atoms with E-state index in [1.807, 2.05) is 31.2 Å². The van der Waals surface area contributed by atoms with Crippen molar-refractivity contribution in [1.82, 2.24) is 0 Å². The number of hydrogen-bond acceptors (Lipinski definition) is 3. The zero-order chi connectivity index (χ0) is 13.8. The van der Waals surface area contributed by atoms with Crippen LogP contribution < -0.4 is 10.1 Å². The molecule has 0 bridgehead atoms. The standard InChI is InChI=1S/C15H16BrNO2/c1-10-6-7-12(16)13(8-10)17-9-11-4-3-5-14(19-2)15(11)18/h3-8,17-18H,9H2,1-2H3. The largest absolute Gasteiger partial charge is 0.504 e. The van der Waals surface area contributed by atoms with Gasteiger partial charge in [-0.25, -0.2) is 0 Å². The van der Waals surface area contributed by atoms with Gasteiger partial charge in [-0.1, -0.05) is 18.2 Å².